The number of ether oxygens (including phenoxy) is 3. The van der Waals surface area contributed by atoms with Crippen LogP contribution in [0.1, 0.15) is 5.56 Å². The molecule has 3 aromatic rings. The SMILES string of the molecule is COc1ccc(-c2csc(N/N=C\c3cc([N+](=O)[O-])c(OC)cc3OC)n2)cc1. The quantitative estimate of drug-likeness (QED) is 0.334. The minimum atomic E-state index is -0.523. The van der Waals surface area contributed by atoms with Gasteiger partial charge in [0.1, 0.15) is 11.5 Å². The van der Waals surface area contributed by atoms with Crippen LogP contribution < -0.4 is 19.6 Å². The standard InChI is InChI=1S/C19H18N4O5S/c1-26-14-6-4-12(5-7-14)15-11-29-19(21-15)22-20-10-13-8-16(23(24)25)18(28-3)9-17(13)27-2/h4-11H,1-3H3,(H,21,22)/b20-10-. The van der Waals surface area contributed by atoms with Crippen LogP contribution in [-0.2, 0) is 0 Å². The molecule has 1 heterocycles. The molecule has 0 fully saturated rings. The summed E-state index contributed by atoms with van der Waals surface area (Å²) in [4.78, 5) is 15.2. The molecule has 9 nitrogen and oxygen atoms in total. The predicted octanol–water partition coefficient (Wildman–Crippen LogP) is 4.19. The lowest BCUT2D eigenvalue weighted by atomic mass is 10.1. The van der Waals surface area contributed by atoms with Crippen molar-refractivity contribution in [2.75, 3.05) is 26.8 Å². The molecule has 1 aromatic heterocycles. The molecule has 29 heavy (non-hydrogen) atoms. The van der Waals surface area contributed by atoms with Crippen molar-refractivity contribution in [3.63, 3.8) is 0 Å². The summed E-state index contributed by atoms with van der Waals surface area (Å²) in [5, 5.41) is 17.8. The Balaban J connectivity index is 1.77. The van der Waals surface area contributed by atoms with Crippen molar-refractivity contribution in [2.24, 2.45) is 5.10 Å². The van der Waals surface area contributed by atoms with E-state index in [-0.39, 0.29) is 11.4 Å². The van der Waals surface area contributed by atoms with E-state index in [9.17, 15) is 10.1 Å². The van der Waals surface area contributed by atoms with Crippen molar-refractivity contribution in [1.29, 1.82) is 0 Å². The molecular weight excluding hydrogens is 396 g/mol. The van der Waals surface area contributed by atoms with Gasteiger partial charge in [-0.05, 0) is 24.3 Å². The largest absolute Gasteiger partial charge is 0.497 e. The monoisotopic (exact) mass is 414 g/mol. The van der Waals surface area contributed by atoms with Gasteiger partial charge in [-0.2, -0.15) is 5.10 Å². The third-order valence-corrected chi connectivity index (χ3v) is 4.73. The summed E-state index contributed by atoms with van der Waals surface area (Å²) in [5.74, 6) is 1.28. The highest BCUT2D eigenvalue weighted by Gasteiger charge is 2.18. The number of rotatable bonds is 8. The maximum atomic E-state index is 11.2. The molecule has 0 spiro atoms. The molecule has 0 bridgehead atoms. The third kappa shape index (κ3) is 4.61. The molecule has 10 heteroatoms. The number of hydrogen-bond acceptors (Lipinski definition) is 9. The van der Waals surface area contributed by atoms with Gasteiger partial charge in [-0.3, -0.25) is 15.5 Å². The molecular formula is C19H18N4O5S. The summed E-state index contributed by atoms with van der Waals surface area (Å²) in [5.41, 5.74) is 4.83. The van der Waals surface area contributed by atoms with E-state index in [1.807, 2.05) is 29.6 Å². The van der Waals surface area contributed by atoms with Crippen LogP contribution in [0.2, 0.25) is 0 Å². The van der Waals surface area contributed by atoms with Gasteiger partial charge in [0.2, 0.25) is 10.9 Å². The number of hydrazone groups is 1. The van der Waals surface area contributed by atoms with Crippen LogP contribution in [-0.4, -0.2) is 37.5 Å². The highest BCUT2D eigenvalue weighted by molar-refractivity contribution is 7.14. The Hall–Kier alpha value is -3.66. The second kappa shape index (κ2) is 9.02. The molecule has 0 atom stereocenters. The number of nitro groups is 1. The molecule has 0 unspecified atom stereocenters. The van der Waals surface area contributed by atoms with Gasteiger partial charge < -0.3 is 14.2 Å². The van der Waals surface area contributed by atoms with E-state index in [0.717, 1.165) is 17.0 Å². The van der Waals surface area contributed by atoms with Gasteiger partial charge in [0, 0.05) is 28.6 Å². The number of anilines is 1. The van der Waals surface area contributed by atoms with Gasteiger partial charge >= 0.3 is 5.69 Å². The summed E-state index contributed by atoms with van der Waals surface area (Å²) in [6.45, 7) is 0. The summed E-state index contributed by atoms with van der Waals surface area (Å²) < 4.78 is 15.5. The first-order valence-electron chi connectivity index (χ1n) is 8.35. The van der Waals surface area contributed by atoms with Crippen LogP contribution in [0.25, 0.3) is 11.3 Å². The lowest BCUT2D eigenvalue weighted by Gasteiger charge is -2.08. The van der Waals surface area contributed by atoms with E-state index < -0.39 is 4.92 Å². The van der Waals surface area contributed by atoms with Crippen LogP contribution in [0.3, 0.4) is 0 Å². The van der Waals surface area contributed by atoms with Crippen molar-refractivity contribution < 1.29 is 19.1 Å². The van der Waals surface area contributed by atoms with Crippen molar-refractivity contribution in [3.05, 3.63) is 57.5 Å². The van der Waals surface area contributed by atoms with Gasteiger partial charge in [0.15, 0.2) is 0 Å². The van der Waals surface area contributed by atoms with E-state index in [4.69, 9.17) is 14.2 Å². The first-order valence-corrected chi connectivity index (χ1v) is 9.23. The molecule has 0 aliphatic heterocycles. The first kappa shape index (κ1) is 20.1. The summed E-state index contributed by atoms with van der Waals surface area (Å²) in [7, 11) is 4.44. The summed E-state index contributed by atoms with van der Waals surface area (Å²) in [6.07, 6.45) is 1.43. The molecule has 0 amide bonds. The Morgan fingerprint density at radius 3 is 2.45 bits per heavy atom. The Morgan fingerprint density at radius 2 is 1.83 bits per heavy atom. The Kier molecular flexibility index (Phi) is 6.25. The molecule has 0 saturated carbocycles. The fraction of sp³-hybridized carbons (Fsp3) is 0.158. The predicted molar refractivity (Wildman–Crippen MR) is 112 cm³/mol. The second-order valence-electron chi connectivity index (χ2n) is 5.66. The van der Waals surface area contributed by atoms with Crippen molar-refractivity contribution in [1.82, 2.24) is 4.98 Å². The Bertz CT molecular complexity index is 1030. The number of aromatic nitrogens is 1. The number of nitrogens with one attached hydrogen (secondary N) is 1. The van der Waals surface area contributed by atoms with Gasteiger partial charge in [-0.25, -0.2) is 4.98 Å². The lowest BCUT2D eigenvalue weighted by Crippen LogP contribution is -1.99. The van der Waals surface area contributed by atoms with E-state index in [1.165, 1.54) is 43.9 Å². The van der Waals surface area contributed by atoms with Crippen molar-refractivity contribution in [2.45, 2.75) is 0 Å². The Labute approximate surface area is 170 Å². The van der Waals surface area contributed by atoms with Gasteiger partial charge in [0.05, 0.1) is 38.2 Å². The molecule has 0 radical (unpaired) electrons. The van der Waals surface area contributed by atoms with Crippen molar-refractivity contribution in [3.8, 4) is 28.5 Å². The zero-order chi connectivity index (χ0) is 20.8. The highest BCUT2D eigenvalue weighted by Crippen LogP contribution is 2.33. The molecule has 150 valence electrons. The van der Waals surface area contributed by atoms with Crippen LogP contribution in [0.4, 0.5) is 10.8 Å². The van der Waals surface area contributed by atoms with E-state index in [2.05, 4.69) is 15.5 Å². The number of hydrogen-bond donors (Lipinski definition) is 1. The fourth-order valence-corrected chi connectivity index (χ4v) is 3.19. The van der Waals surface area contributed by atoms with E-state index in [1.54, 1.807) is 7.11 Å². The maximum Gasteiger partial charge on any atom is 0.311 e. The van der Waals surface area contributed by atoms with E-state index >= 15 is 0 Å². The average Bonchev–Trinajstić information content (AvgIpc) is 3.22. The number of benzene rings is 2. The molecule has 0 saturated heterocycles. The maximum absolute atomic E-state index is 11.2. The second-order valence-corrected chi connectivity index (χ2v) is 6.52. The zero-order valence-electron chi connectivity index (χ0n) is 15.9. The van der Waals surface area contributed by atoms with Crippen LogP contribution in [0.15, 0.2) is 46.9 Å². The Morgan fingerprint density at radius 1 is 1.10 bits per heavy atom. The van der Waals surface area contributed by atoms with Crippen LogP contribution in [0.5, 0.6) is 17.2 Å². The molecule has 0 aliphatic rings. The average molecular weight is 414 g/mol. The van der Waals surface area contributed by atoms with Crippen LogP contribution in [0, 0.1) is 10.1 Å². The molecule has 3 rings (SSSR count). The van der Waals surface area contributed by atoms with Gasteiger partial charge in [-0.15, -0.1) is 11.3 Å². The van der Waals surface area contributed by atoms with E-state index in [0.29, 0.717) is 16.4 Å². The van der Waals surface area contributed by atoms with Crippen molar-refractivity contribution >= 4 is 28.4 Å². The number of nitrogens with zero attached hydrogens (tertiary/aromatic N) is 3. The third-order valence-electron chi connectivity index (χ3n) is 3.98. The molecule has 2 aromatic carbocycles. The normalized spacial score (nSPS) is 10.7. The summed E-state index contributed by atoms with van der Waals surface area (Å²) in [6, 6.07) is 10.4. The topological polar surface area (TPSA) is 108 Å². The van der Waals surface area contributed by atoms with Gasteiger partial charge in [-0.1, -0.05) is 0 Å². The summed E-state index contributed by atoms with van der Waals surface area (Å²) >= 11 is 1.39. The fourth-order valence-electron chi connectivity index (χ4n) is 2.53. The number of nitro benzene ring substituents is 1. The first-order chi connectivity index (χ1) is 14.0. The molecule has 0 aliphatic carbocycles. The number of methoxy groups -OCH3 is 3. The van der Waals surface area contributed by atoms with Crippen LogP contribution >= 0.6 is 11.3 Å². The highest BCUT2D eigenvalue weighted by atomic mass is 32.1. The zero-order valence-corrected chi connectivity index (χ0v) is 16.7. The smallest absolute Gasteiger partial charge is 0.311 e. The minimum Gasteiger partial charge on any atom is -0.497 e. The van der Waals surface area contributed by atoms with Gasteiger partial charge in [0.25, 0.3) is 0 Å². The minimum absolute atomic E-state index is 0.112. The number of thiazole rings is 1. The lowest BCUT2D eigenvalue weighted by molar-refractivity contribution is -0.385. The molecule has 1 N–H and O–H groups in total.